The molecule has 0 atom stereocenters. The molecule has 0 aliphatic carbocycles. The summed E-state index contributed by atoms with van der Waals surface area (Å²) in [4.78, 5) is 11.8. The van der Waals surface area contributed by atoms with Gasteiger partial charge in [-0.1, -0.05) is 45.8 Å². The van der Waals surface area contributed by atoms with E-state index in [-0.39, 0.29) is 5.97 Å². The number of carbonyl (C=O) groups is 1. The molecule has 2 rings (SSSR count). The van der Waals surface area contributed by atoms with Crippen LogP contribution < -0.4 is 0 Å². The Morgan fingerprint density at radius 3 is 2.28 bits per heavy atom. The fourth-order valence-electron chi connectivity index (χ4n) is 1.50. The molecule has 0 saturated heterocycles. The molecule has 0 radical (unpaired) electrons. The standard InChI is InChI=1S/C15H13BrO2/c1-11-2-6-13(7-3-11)15(17)18-10-12-4-8-14(16)9-5-12/h2-9H,10H2,1H3. The van der Waals surface area contributed by atoms with Gasteiger partial charge >= 0.3 is 5.97 Å². The predicted octanol–water partition coefficient (Wildman–Crippen LogP) is 4.11. The zero-order valence-electron chi connectivity index (χ0n) is 10.0. The van der Waals surface area contributed by atoms with Crippen LogP contribution in [0, 0.1) is 6.92 Å². The zero-order valence-corrected chi connectivity index (χ0v) is 11.6. The van der Waals surface area contributed by atoms with Crippen molar-refractivity contribution in [2.24, 2.45) is 0 Å². The Bertz CT molecular complexity index is 529. The molecule has 92 valence electrons. The first-order valence-electron chi connectivity index (χ1n) is 5.63. The number of hydrogen-bond acceptors (Lipinski definition) is 2. The molecule has 2 aromatic rings. The number of halogens is 1. The van der Waals surface area contributed by atoms with Gasteiger partial charge in [-0.15, -0.1) is 0 Å². The third-order valence-electron chi connectivity index (χ3n) is 2.57. The predicted molar refractivity (Wildman–Crippen MR) is 74.4 cm³/mol. The minimum absolute atomic E-state index is 0.292. The lowest BCUT2D eigenvalue weighted by Crippen LogP contribution is -2.05. The smallest absolute Gasteiger partial charge is 0.338 e. The summed E-state index contributed by atoms with van der Waals surface area (Å²) >= 11 is 3.36. The van der Waals surface area contributed by atoms with Gasteiger partial charge in [0.05, 0.1) is 5.56 Å². The molecule has 2 nitrogen and oxygen atoms in total. The van der Waals surface area contributed by atoms with Gasteiger partial charge in [0.2, 0.25) is 0 Å². The Balaban J connectivity index is 1.96. The summed E-state index contributed by atoms with van der Waals surface area (Å²) in [6.45, 7) is 2.27. The number of esters is 1. The average Bonchev–Trinajstić information content (AvgIpc) is 2.38. The van der Waals surface area contributed by atoms with Gasteiger partial charge in [0, 0.05) is 4.47 Å². The molecule has 0 fully saturated rings. The molecule has 18 heavy (non-hydrogen) atoms. The largest absolute Gasteiger partial charge is 0.457 e. The molecule has 0 heterocycles. The maximum atomic E-state index is 11.8. The quantitative estimate of drug-likeness (QED) is 0.798. The van der Waals surface area contributed by atoms with Gasteiger partial charge in [-0.2, -0.15) is 0 Å². The molecule has 0 saturated carbocycles. The van der Waals surface area contributed by atoms with Crippen LogP contribution in [0.2, 0.25) is 0 Å². The van der Waals surface area contributed by atoms with E-state index in [2.05, 4.69) is 15.9 Å². The molecular formula is C15H13BrO2. The summed E-state index contributed by atoms with van der Waals surface area (Å²) in [7, 11) is 0. The number of benzene rings is 2. The van der Waals surface area contributed by atoms with Crippen molar-refractivity contribution in [3.8, 4) is 0 Å². The fourth-order valence-corrected chi connectivity index (χ4v) is 1.77. The molecule has 2 aromatic carbocycles. The van der Waals surface area contributed by atoms with E-state index in [1.165, 1.54) is 0 Å². The van der Waals surface area contributed by atoms with Crippen molar-refractivity contribution in [2.45, 2.75) is 13.5 Å². The number of carbonyl (C=O) groups excluding carboxylic acids is 1. The van der Waals surface area contributed by atoms with Crippen LogP contribution >= 0.6 is 15.9 Å². The monoisotopic (exact) mass is 304 g/mol. The van der Waals surface area contributed by atoms with Crippen molar-refractivity contribution < 1.29 is 9.53 Å². The van der Waals surface area contributed by atoms with Crippen LogP contribution in [0.1, 0.15) is 21.5 Å². The van der Waals surface area contributed by atoms with E-state index in [1.54, 1.807) is 12.1 Å². The highest BCUT2D eigenvalue weighted by molar-refractivity contribution is 9.10. The second-order valence-electron chi connectivity index (χ2n) is 4.07. The van der Waals surface area contributed by atoms with Crippen molar-refractivity contribution in [3.63, 3.8) is 0 Å². The minimum Gasteiger partial charge on any atom is -0.457 e. The number of rotatable bonds is 3. The van der Waals surface area contributed by atoms with Crippen LogP contribution in [-0.4, -0.2) is 5.97 Å². The second kappa shape index (κ2) is 5.83. The van der Waals surface area contributed by atoms with Crippen LogP contribution in [0.4, 0.5) is 0 Å². The average molecular weight is 305 g/mol. The van der Waals surface area contributed by atoms with E-state index in [9.17, 15) is 4.79 Å². The molecule has 0 aliphatic rings. The Hall–Kier alpha value is -1.61. The third kappa shape index (κ3) is 3.44. The SMILES string of the molecule is Cc1ccc(C(=O)OCc2ccc(Br)cc2)cc1. The Morgan fingerprint density at radius 2 is 1.67 bits per heavy atom. The summed E-state index contributed by atoms with van der Waals surface area (Å²) in [5.74, 6) is -0.294. The van der Waals surface area contributed by atoms with Crippen molar-refractivity contribution in [3.05, 3.63) is 69.7 Å². The normalized spacial score (nSPS) is 10.1. The lowest BCUT2D eigenvalue weighted by Gasteiger charge is -2.05. The topological polar surface area (TPSA) is 26.3 Å². The van der Waals surface area contributed by atoms with E-state index in [1.807, 2.05) is 43.3 Å². The molecule has 0 aliphatic heterocycles. The first-order chi connectivity index (χ1) is 8.65. The third-order valence-corrected chi connectivity index (χ3v) is 3.10. The van der Waals surface area contributed by atoms with Gasteiger partial charge in [-0.25, -0.2) is 4.79 Å². The summed E-state index contributed by atoms with van der Waals surface area (Å²) < 4.78 is 6.25. The first-order valence-corrected chi connectivity index (χ1v) is 6.43. The summed E-state index contributed by atoms with van der Waals surface area (Å²) in [5, 5.41) is 0. The first kappa shape index (κ1) is 12.8. The number of ether oxygens (including phenoxy) is 1. The molecule has 0 aromatic heterocycles. The van der Waals surface area contributed by atoms with E-state index < -0.39 is 0 Å². The Kier molecular flexibility index (Phi) is 4.15. The van der Waals surface area contributed by atoms with Crippen LogP contribution in [0.3, 0.4) is 0 Å². The molecule has 3 heteroatoms. The number of hydrogen-bond donors (Lipinski definition) is 0. The Labute approximate surface area is 115 Å². The van der Waals surface area contributed by atoms with Gasteiger partial charge in [0.25, 0.3) is 0 Å². The van der Waals surface area contributed by atoms with Crippen LogP contribution in [-0.2, 0) is 11.3 Å². The van der Waals surface area contributed by atoms with E-state index in [0.29, 0.717) is 12.2 Å². The maximum absolute atomic E-state index is 11.8. The zero-order chi connectivity index (χ0) is 13.0. The highest BCUT2D eigenvalue weighted by Crippen LogP contribution is 2.12. The highest BCUT2D eigenvalue weighted by atomic mass is 79.9. The van der Waals surface area contributed by atoms with Gasteiger partial charge in [-0.3, -0.25) is 0 Å². The van der Waals surface area contributed by atoms with Gasteiger partial charge in [-0.05, 0) is 36.8 Å². The molecule has 0 spiro atoms. The van der Waals surface area contributed by atoms with Crippen LogP contribution in [0.25, 0.3) is 0 Å². The molecule has 0 bridgehead atoms. The highest BCUT2D eigenvalue weighted by Gasteiger charge is 2.06. The van der Waals surface area contributed by atoms with Crippen molar-refractivity contribution >= 4 is 21.9 Å². The summed E-state index contributed by atoms with van der Waals surface area (Å²) in [6.07, 6.45) is 0. The maximum Gasteiger partial charge on any atom is 0.338 e. The summed E-state index contributed by atoms with van der Waals surface area (Å²) in [6, 6.07) is 15.0. The van der Waals surface area contributed by atoms with Crippen molar-refractivity contribution in [1.29, 1.82) is 0 Å². The second-order valence-corrected chi connectivity index (χ2v) is 4.98. The van der Waals surface area contributed by atoms with Crippen LogP contribution in [0.5, 0.6) is 0 Å². The lowest BCUT2D eigenvalue weighted by molar-refractivity contribution is 0.0472. The van der Waals surface area contributed by atoms with Crippen LogP contribution in [0.15, 0.2) is 53.0 Å². The fraction of sp³-hybridized carbons (Fsp3) is 0.133. The summed E-state index contributed by atoms with van der Waals surface area (Å²) in [5.41, 5.74) is 2.68. The molecule has 0 unspecified atom stereocenters. The number of aryl methyl sites for hydroxylation is 1. The van der Waals surface area contributed by atoms with Crippen molar-refractivity contribution in [2.75, 3.05) is 0 Å². The van der Waals surface area contributed by atoms with E-state index in [0.717, 1.165) is 15.6 Å². The van der Waals surface area contributed by atoms with Gasteiger partial charge in [0.15, 0.2) is 0 Å². The van der Waals surface area contributed by atoms with Gasteiger partial charge < -0.3 is 4.74 Å². The Morgan fingerprint density at radius 1 is 1.06 bits per heavy atom. The molecular weight excluding hydrogens is 292 g/mol. The molecule has 0 N–H and O–H groups in total. The molecule has 0 amide bonds. The van der Waals surface area contributed by atoms with E-state index in [4.69, 9.17) is 4.74 Å². The van der Waals surface area contributed by atoms with Crippen molar-refractivity contribution in [1.82, 2.24) is 0 Å². The van der Waals surface area contributed by atoms with E-state index >= 15 is 0 Å². The van der Waals surface area contributed by atoms with Gasteiger partial charge in [0.1, 0.15) is 6.61 Å². The lowest BCUT2D eigenvalue weighted by atomic mass is 10.1. The minimum atomic E-state index is -0.294.